The quantitative estimate of drug-likeness (QED) is 0.856. The van der Waals surface area contributed by atoms with E-state index in [-0.39, 0.29) is 0 Å². The third-order valence-corrected chi connectivity index (χ3v) is 2.65. The van der Waals surface area contributed by atoms with Crippen LogP contribution in [0.3, 0.4) is 0 Å². The van der Waals surface area contributed by atoms with Crippen molar-refractivity contribution in [2.45, 2.75) is 44.9 Å². The number of hydrogen-bond donors (Lipinski definition) is 1. The minimum atomic E-state index is -4.30. The topological polar surface area (TPSA) is 20.2 Å². The lowest BCUT2D eigenvalue weighted by Gasteiger charge is -2.22. The van der Waals surface area contributed by atoms with Crippen molar-refractivity contribution in [3.8, 4) is 0 Å². The van der Waals surface area contributed by atoms with Crippen molar-refractivity contribution in [1.82, 2.24) is 0 Å². The summed E-state index contributed by atoms with van der Waals surface area (Å²) in [5, 5.41) is 9.97. The van der Waals surface area contributed by atoms with E-state index in [1.807, 2.05) is 6.92 Å². The largest absolute Gasteiger partial charge is 0.416 e. The highest BCUT2D eigenvalue weighted by Crippen LogP contribution is 2.29. The molecule has 1 aromatic carbocycles. The van der Waals surface area contributed by atoms with Crippen LogP contribution in [0.5, 0.6) is 0 Å². The fraction of sp³-hybridized carbons (Fsp3) is 0.538. The molecule has 1 nitrogen and oxygen atoms in total. The summed E-state index contributed by atoms with van der Waals surface area (Å²) in [7, 11) is 0. The Kier molecular flexibility index (Phi) is 4.20. The Morgan fingerprint density at radius 1 is 1.12 bits per heavy atom. The molecule has 0 aliphatic rings. The molecule has 0 bridgehead atoms. The number of aliphatic hydroxyl groups is 1. The van der Waals surface area contributed by atoms with E-state index in [2.05, 4.69) is 0 Å². The van der Waals surface area contributed by atoms with Crippen molar-refractivity contribution in [1.29, 1.82) is 0 Å². The molecule has 96 valence electrons. The lowest BCUT2D eigenvalue weighted by atomic mass is 9.92. The van der Waals surface area contributed by atoms with Crippen LogP contribution in [-0.4, -0.2) is 10.7 Å². The van der Waals surface area contributed by atoms with Gasteiger partial charge in [-0.2, -0.15) is 13.2 Å². The highest BCUT2D eigenvalue weighted by molar-refractivity contribution is 5.25. The number of halogens is 3. The molecule has 0 aromatic heterocycles. The van der Waals surface area contributed by atoms with Gasteiger partial charge < -0.3 is 5.11 Å². The van der Waals surface area contributed by atoms with E-state index in [4.69, 9.17) is 0 Å². The third kappa shape index (κ3) is 4.38. The second kappa shape index (κ2) is 5.08. The molecule has 0 heterocycles. The molecule has 1 rings (SSSR count). The van der Waals surface area contributed by atoms with Gasteiger partial charge in [0.1, 0.15) is 0 Å². The van der Waals surface area contributed by atoms with Crippen molar-refractivity contribution in [2.75, 3.05) is 0 Å². The molecule has 0 amide bonds. The second-order valence-corrected chi connectivity index (χ2v) is 4.62. The van der Waals surface area contributed by atoms with Crippen LogP contribution in [0.1, 0.15) is 37.8 Å². The number of rotatable bonds is 4. The van der Waals surface area contributed by atoms with Crippen LogP contribution < -0.4 is 0 Å². The number of alkyl halides is 3. The molecule has 4 heteroatoms. The normalized spacial score (nSPS) is 15.6. The second-order valence-electron chi connectivity index (χ2n) is 4.62. The number of benzene rings is 1. The Labute approximate surface area is 99.3 Å². The van der Waals surface area contributed by atoms with E-state index in [0.29, 0.717) is 12.8 Å². The summed E-state index contributed by atoms with van der Waals surface area (Å²) in [6.07, 6.45) is -2.45. The van der Waals surface area contributed by atoms with Gasteiger partial charge in [0.05, 0.1) is 11.2 Å². The van der Waals surface area contributed by atoms with Crippen molar-refractivity contribution in [3.05, 3.63) is 35.4 Å². The van der Waals surface area contributed by atoms with Crippen LogP contribution in [-0.2, 0) is 12.6 Å². The van der Waals surface area contributed by atoms with E-state index in [0.717, 1.165) is 24.1 Å². The molecular formula is C13H17F3O. The van der Waals surface area contributed by atoms with Crippen LogP contribution in [0.2, 0.25) is 0 Å². The SMILES string of the molecule is CCCC(C)(O)Cc1ccc(C(F)(F)F)cc1. The van der Waals surface area contributed by atoms with Crippen molar-refractivity contribution < 1.29 is 18.3 Å². The predicted octanol–water partition coefficient (Wildman–Crippen LogP) is 3.80. The molecule has 1 atom stereocenters. The maximum atomic E-state index is 12.3. The summed E-state index contributed by atoms with van der Waals surface area (Å²) in [5.41, 5.74) is -0.790. The zero-order chi connectivity index (χ0) is 13.1. The molecule has 0 saturated heterocycles. The molecular weight excluding hydrogens is 229 g/mol. The minimum Gasteiger partial charge on any atom is -0.390 e. The average molecular weight is 246 g/mol. The van der Waals surface area contributed by atoms with Crippen LogP contribution in [0.15, 0.2) is 24.3 Å². The first kappa shape index (κ1) is 14.0. The van der Waals surface area contributed by atoms with Gasteiger partial charge in [-0.15, -0.1) is 0 Å². The summed E-state index contributed by atoms with van der Waals surface area (Å²) in [6.45, 7) is 3.66. The molecule has 0 radical (unpaired) electrons. The van der Waals surface area contributed by atoms with Gasteiger partial charge in [0.2, 0.25) is 0 Å². The lowest BCUT2D eigenvalue weighted by molar-refractivity contribution is -0.137. The summed E-state index contributed by atoms with van der Waals surface area (Å²) < 4.78 is 37.0. The minimum absolute atomic E-state index is 0.374. The zero-order valence-corrected chi connectivity index (χ0v) is 10.0. The van der Waals surface area contributed by atoms with Crippen molar-refractivity contribution in [2.24, 2.45) is 0 Å². The van der Waals surface area contributed by atoms with Crippen molar-refractivity contribution in [3.63, 3.8) is 0 Å². The third-order valence-electron chi connectivity index (χ3n) is 2.65. The van der Waals surface area contributed by atoms with Crippen LogP contribution in [0.4, 0.5) is 13.2 Å². The Bertz CT molecular complexity index is 352. The van der Waals surface area contributed by atoms with Crippen LogP contribution in [0, 0.1) is 0 Å². The molecule has 1 aromatic rings. The molecule has 1 N–H and O–H groups in total. The van der Waals surface area contributed by atoms with Crippen LogP contribution >= 0.6 is 0 Å². The molecule has 0 aliphatic carbocycles. The maximum absolute atomic E-state index is 12.3. The first-order valence-corrected chi connectivity index (χ1v) is 5.63. The van der Waals surface area contributed by atoms with Crippen molar-refractivity contribution >= 4 is 0 Å². The van der Waals surface area contributed by atoms with E-state index >= 15 is 0 Å². The van der Waals surface area contributed by atoms with Gasteiger partial charge in [-0.3, -0.25) is 0 Å². The summed E-state index contributed by atoms with van der Waals surface area (Å²) >= 11 is 0. The average Bonchev–Trinajstić information content (AvgIpc) is 2.16. The maximum Gasteiger partial charge on any atom is 0.416 e. The summed E-state index contributed by atoms with van der Waals surface area (Å²) in [6, 6.07) is 4.95. The van der Waals surface area contributed by atoms with Gasteiger partial charge in [0.15, 0.2) is 0 Å². The van der Waals surface area contributed by atoms with Gasteiger partial charge in [-0.1, -0.05) is 25.5 Å². The smallest absolute Gasteiger partial charge is 0.390 e. The molecule has 0 saturated carbocycles. The van der Waals surface area contributed by atoms with E-state index in [1.54, 1.807) is 6.92 Å². The van der Waals surface area contributed by atoms with Gasteiger partial charge in [0, 0.05) is 6.42 Å². The van der Waals surface area contributed by atoms with Gasteiger partial charge in [-0.05, 0) is 31.0 Å². The predicted molar refractivity (Wildman–Crippen MR) is 60.7 cm³/mol. The molecule has 17 heavy (non-hydrogen) atoms. The molecule has 0 spiro atoms. The molecule has 0 aliphatic heterocycles. The first-order valence-electron chi connectivity index (χ1n) is 5.63. The standard InChI is InChI=1S/C13H17F3O/c1-3-8-12(2,17)9-10-4-6-11(7-5-10)13(14,15)16/h4-7,17H,3,8-9H2,1-2H3. The zero-order valence-electron chi connectivity index (χ0n) is 10.0. The monoisotopic (exact) mass is 246 g/mol. The molecule has 1 unspecified atom stereocenters. The van der Waals surface area contributed by atoms with E-state index in [9.17, 15) is 18.3 Å². The van der Waals surface area contributed by atoms with Gasteiger partial charge in [0.25, 0.3) is 0 Å². The Balaban J connectivity index is 2.75. The summed E-state index contributed by atoms with van der Waals surface area (Å²) in [4.78, 5) is 0. The Hall–Kier alpha value is -1.03. The highest BCUT2D eigenvalue weighted by atomic mass is 19.4. The van der Waals surface area contributed by atoms with Crippen LogP contribution in [0.25, 0.3) is 0 Å². The van der Waals surface area contributed by atoms with Gasteiger partial charge >= 0.3 is 6.18 Å². The van der Waals surface area contributed by atoms with Gasteiger partial charge in [-0.25, -0.2) is 0 Å². The van der Waals surface area contributed by atoms with E-state index < -0.39 is 17.3 Å². The fourth-order valence-electron chi connectivity index (χ4n) is 1.88. The molecule has 0 fully saturated rings. The summed E-state index contributed by atoms with van der Waals surface area (Å²) in [5.74, 6) is 0. The highest BCUT2D eigenvalue weighted by Gasteiger charge is 2.30. The Morgan fingerprint density at radius 3 is 2.06 bits per heavy atom. The first-order chi connectivity index (χ1) is 7.74. The lowest BCUT2D eigenvalue weighted by Crippen LogP contribution is -2.26. The fourth-order valence-corrected chi connectivity index (χ4v) is 1.88. The van der Waals surface area contributed by atoms with E-state index in [1.165, 1.54) is 12.1 Å². The number of hydrogen-bond acceptors (Lipinski definition) is 1. The Morgan fingerprint density at radius 2 is 1.65 bits per heavy atom.